The highest BCUT2D eigenvalue weighted by Crippen LogP contribution is 2.48. The van der Waals surface area contributed by atoms with E-state index in [0.29, 0.717) is 25.7 Å². The Kier molecular flexibility index (Phi) is 13.3. The van der Waals surface area contributed by atoms with Gasteiger partial charge >= 0.3 is 23.9 Å². The first-order valence-corrected chi connectivity index (χ1v) is 23.2. The van der Waals surface area contributed by atoms with Gasteiger partial charge in [0.05, 0.1) is 70.8 Å². The molecule has 66 heavy (non-hydrogen) atoms. The van der Waals surface area contributed by atoms with Crippen LogP contribution in [0.2, 0.25) is 0 Å². The maximum atomic E-state index is 14.5. The van der Waals surface area contributed by atoms with Gasteiger partial charge in [0.1, 0.15) is 0 Å². The van der Waals surface area contributed by atoms with Crippen molar-refractivity contribution in [1.29, 1.82) is 0 Å². The number of esters is 4. The molecule has 16 heteroatoms. The van der Waals surface area contributed by atoms with Crippen LogP contribution in [-0.4, -0.2) is 115 Å². The van der Waals surface area contributed by atoms with E-state index in [1.165, 1.54) is 24.3 Å². The maximum absolute atomic E-state index is 14.5. The van der Waals surface area contributed by atoms with Gasteiger partial charge in [-0.2, -0.15) is 0 Å². The molecule has 0 spiro atoms. The van der Waals surface area contributed by atoms with Crippen molar-refractivity contribution in [1.82, 2.24) is 20.3 Å². The summed E-state index contributed by atoms with van der Waals surface area (Å²) in [6.07, 6.45) is 1.73. The Morgan fingerprint density at radius 1 is 0.379 bits per heavy atom. The molecule has 364 valence electrons. The first kappa shape index (κ1) is 51.6. The fourth-order valence-corrected chi connectivity index (χ4v) is 11.8. The fourth-order valence-electron chi connectivity index (χ4n) is 11.8. The average molecular weight is 921 g/mol. The molecule has 2 aromatic carbocycles. The minimum absolute atomic E-state index is 0.122. The number of nitrogens with zero attached hydrogens (tertiary/aromatic N) is 4. The first-order valence-electron chi connectivity index (χ1n) is 23.2. The Labute approximate surface area is 390 Å². The van der Waals surface area contributed by atoms with Crippen LogP contribution < -0.4 is 0 Å². The third-order valence-corrected chi connectivity index (χ3v) is 16.0. The predicted molar refractivity (Wildman–Crippen MR) is 240 cm³/mol. The largest absolute Gasteiger partial charge is 0.462 e. The molecule has 0 N–H and O–H groups in total. The molecule has 4 saturated heterocycles. The smallest absolute Gasteiger partial charge is 0.338 e. The average Bonchev–Trinajstić information content (AvgIpc) is 3.64. The molecule has 6 rings (SSSR count). The Hall–Kier alpha value is -3.74. The molecule has 4 aliphatic heterocycles. The van der Waals surface area contributed by atoms with Crippen molar-refractivity contribution in [2.45, 2.75) is 181 Å². The standard InChI is InChI=1S/C50H72N4O12/c1-43(2)21-29(47(9,10)51(43)59)25-63-39(55)33-17-18-35(41(57)65-27-31-23-45(5,6)53(61)49(31,13)14)38-36(42(58)66-28-32-24-46(7,8)54(62)50(32,15)16)20-19-34(37(33)38)40(56)64-26-30-22-44(3,4)52(60)48(30,11)12/h17-20,29-32H,21-28H2,1-16H3. The summed E-state index contributed by atoms with van der Waals surface area (Å²) < 4.78 is 23.9. The lowest BCUT2D eigenvalue weighted by Gasteiger charge is -2.33. The minimum Gasteiger partial charge on any atom is -0.462 e. The van der Waals surface area contributed by atoms with E-state index in [9.17, 15) is 40.0 Å². The molecule has 0 aliphatic carbocycles. The van der Waals surface area contributed by atoms with Crippen molar-refractivity contribution in [3.8, 4) is 0 Å². The number of hydroxylamine groups is 8. The number of rotatable bonds is 12. The predicted octanol–water partition coefficient (Wildman–Crippen LogP) is 8.37. The van der Waals surface area contributed by atoms with Gasteiger partial charge in [-0.3, -0.25) is 0 Å². The van der Waals surface area contributed by atoms with Gasteiger partial charge < -0.3 is 18.9 Å². The molecule has 4 heterocycles. The molecular formula is C50H72N4O12. The molecule has 4 radical (unpaired) electrons. The third kappa shape index (κ3) is 8.89. The van der Waals surface area contributed by atoms with Crippen LogP contribution in [0.25, 0.3) is 10.8 Å². The summed E-state index contributed by atoms with van der Waals surface area (Å²) in [6, 6.07) is 5.34. The minimum atomic E-state index is -0.883. The van der Waals surface area contributed by atoms with Crippen LogP contribution in [0.1, 0.15) is 178 Å². The molecule has 2 aromatic rings. The highest BCUT2D eigenvalue weighted by molar-refractivity contribution is 6.22. The highest BCUT2D eigenvalue weighted by Gasteiger charge is 2.56. The Morgan fingerprint density at radius 2 is 0.545 bits per heavy atom. The second-order valence-electron chi connectivity index (χ2n) is 24.1. The lowest BCUT2D eigenvalue weighted by molar-refractivity contribution is -0.249. The zero-order valence-electron chi connectivity index (χ0n) is 42.0. The summed E-state index contributed by atoms with van der Waals surface area (Å²) in [5.41, 5.74) is -7.07. The molecule has 4 fully saturated rings. The van der Waals surface area contributed by atoms with Gasteiger partial charge in [-0.05, 0) is 161 Å². The number of fused-ring (bicyclic) bond motifs is 1. The van der Waals surface area contributed by atoms with Crippen molar-refractivity contribution in [2.75, 3.05) is 26.4 Å². The summed E-state index contributed by atoms with van der Waals surface area (Å²) in [5, 5.41) is 56.8. The van der Waals surface area contributed by atoms with E-state index < -0.39 is 68.2 Å². The number of hydrogen-bond donors (Lipinski definition) is 0. The van der Waals surface area contributed by atoms with Crippen LogP contribution in [0.4, 0.5) is 0 Å². The van der Waals surface area contributed by atoms with Gasteiger partial charge in [-0.1, -0.05) is 0 Å². The van der Waals surface area contributed by atoms with Crippen LogP contribution in [0, 0.1) is 23.7 Å². The molecule has 4 unspecified atom stereocenters. The summed E-state index contributed by atoms with van der Waals surface area (Å²) in [6.45, 7) is 28.3. The van der Waals surface area contributed by atoms with Gasteiger partial charge in [0.15, 0.2) is 0 Å². The van der Waals surface area contributed by atoms with Crippen molar-refractivity contribution in [3.05, 3.63) is 46.5 Å². The normalized spacial score (nSPS) is 28.4. The quantitative estimate of drug-likeness (QED) is 0.146. The molecule has 16 nitrogen and oxygen atoms in total. The van der Waals surface area contributed by atoms with Crippen molar-refractivity contribution >= 4 is 34.6 Å². The lowest BCUT2D eigenvalue weighted by atomic mass is 9.87. The van der Waals surface area contributed by atoms with E-state index in [4.69, 9.17) is 18.9 Å². The van der Waals surface area contributed by atoms with Gasteiger partial charge in [0, 0.05) is 56.6 Å². The lowest BCUT2D eigenvalue weighted by Crippen LogP contribution is -2.47. The maximum Gasteiger partial charge on any atom is 0.338 e. The van der Waals surface area contributed by atoms with Crippen LogP contribution in [0.5, 0.6) is 0 Å². The molecule has 0 amide bonds. The molecule has 0 aromatic heterocycles. The fraction of sp³-hybridized carbons (Fsp3) is 0.720. The SMILES string of the molecule is CC1(C)CC(COC(=O)c2ccc(C(=O)OCC3CC(C)(C)N([O])C3(C)C)c3c(C(=O)OCC4CC(C)(C)N([O])C4(C)C)ccc(C(=O)OCC4CC(C)(C)N([O])C4(C)C)c23)C(C)(C)N1[O]. The summed E-state index contributed by atoms with van der Waals surface area (Å²) in [5.74, 6) is -4.99. The molecule has 4 atom stereocenters. The van der Waals surface area contributed by atoms with E-state index in [1.54, 1.807) is 55.4 Å². The van der Waals surface area contributed by atoms with E-state index in [1.807, 2.05) is 55.4 Å². The summed E-state index contributed by atoms with van der Waals surface area (Å²) in [7, 11) is 0. The number of carbonyl (C=O) groups is 4. The van der Waals surface area contributed by atoms with Crippen LogP contribution >= 0.6 is 0 Å². The van der Waals surface area contributed by atoms with Gasteiger partial charge in [0.2, 0.25) is 0 Å². The first-order chi connectivity index (χ1) is 30.0. The van der Waals surface area contributed by atoms with Gasteiger partial charge in [-0.25, -0.2) is 19.2 Å². The second kappa shape index (κ2) is 17.0. The Morgan fingerprint density at radius 3 is 0.682 bits per heavy atom. The molecule has 0 bridgehead atoms. The van der Waals surface area contributed by atoms with Crippen LogP contribution in [0.15, 0.2) is 24.3 Å². The second-order valence-corrected chi connectivity index (χ2v) is 24.1. The van der Waals surface area contributed by atoms with Crippen molar-refractivity contribution in [2.24, 2.45) is 23.7 Å². The van der Waals surface area contributed by atoms with Crippen LogP contribution in [-0.2, 0) is 39.8 Å². The highest BCUT2D eigenvalue weighted by atomic mass is 16.6. The number of hydrogen-bond acceptors (Lipinski definition) is 12. The Balaban J connectivity index is 1.45. The Bertz CT molecular complexity index is 1940. The van der Waals surface area contributed by atoms with E-state index in [0.717, 1.165) is 20.3 Å². The van der Waals surface area contributed by atoms with Crippen LogP contribution in [0.3, 0.4) is 0 Å². The summed E-state index contributed by atoms with van der Waals surface area (Å²) in [4.78, 5) is 57.9. The topological polar surface area (TPSA) is 198 Å². The van der Waals surface area contributed by atoms with E-state index in [-0.39, 0.29) is 83.1 Å². The van der Waals surface area contributed by atoms with E-state index >= 15 is 0 Å². The summed E-state index contributed by atoms with van der Waals surface area (Å²) >= 11 is 0. The van der Waals surface area contributed by atoms with Crippen molar-refractivity contribution in [3.63, 3.8) is 0 Å². The van der Waals surface area contributed by atoms with Gasteiger partial charge in [-0.15, -0.1) is 41.1 Å². The number of carbonyl (C=O) groups excluding carboxylic acids is 4. The zero-order chi connectivity index (χ0) is 49.7. The third-order valence-electron chi connectivity index (χ3n) is 16.0. The van der Waals surface area contributed by atoms with Crippen molar-refractivity contribution < 1.29 is 59.0 Å². The molecule has 0 saturated carbocycles. The molecular weight excluding hydrogens is 849 g/mol. The molecule has 4 aliphatic rings. The number of ether oxygens (including phenoxy) is 4. The number of benzene rings is 2. The van der Waals surface area contributed by atoms with Gasteiger partial charge in [0.25, 0.3) is 0 Å². The van der Waals surface area contributed by atoms with E-state index in [2.05, 4.69) is 0 Å². The monoisotopic (exact) mass is 921 g/mol. The zero-order valence-corrected chi connectivity index (χ0v) is 42.0.